The molecule has 1 atom stereocenters. The molecule has 1 amide bonds. The van der Waals surface area contributed by atoms with Gasteiger partial charge in [-0.05, 0) is 66.6 Å². The van der Waals surface area contributed by atoms with E-state index in [0.717, 1.165) is 11.1 Å². The molecule has 0 aliphatic carbocycles. The number of nitrogens with one attached hydrogen (secondary N) is 1. The molecule has 220 valence electrons. The smallest absolute Gasteiger partial charge is 0.271 e. The predicted octanol–water partition coefficient (Wildman–Crippen LogP) is 5.60. The lowest BCUT2D eigenvalue weighted by atomic mass is 9.95. The molecule has 5 aromatic rings. The van der Waals surface area contributed by atoms with E-state index < -0.39 is 6.04 Å². The molecule has 0 unspecified atom stereocenters. The Morgan fingerprint density at radius 1 is 0.955 bits per heavy atom. The van der Waals surface area contributed by atoms with Crippen LogP contribution in [0, 0.1) is 5.82 Å². The number of carbonyl (C=O) groups is 1. The van der Waals surface area contributed by atoms with Crippen molar-refractivity contribution in [1.82, 2.24) is 4.57 Å². The third-order valence-electron chi connectivity index (χ3n) is 7.26. The summed E-state index contributed by atoms with van der Waals surface area (Å²) in [6, 6.07) is 29.5. The van der Waals surface area contributed by atoms with E-state index in [9.17, 15) is 14.0 Å². The fourth-order valence-electron chi connectivity index (χ4n) is 5.02. The Bertz CT molecular complexity index is 2030. The first-order valence-electron chi connectivity index (χ1n) is 13.9. The van der Waals surface area contributed by atoms with Gasteiger partial charge in [-0.25, -0.2) is 9.38 Å². The Morgan fingerprint density at radius 3 is 2.34 bits per heavy atom. The molecule has 4 aromatic carbocycles. The van der Waals surface area contributed by atoms with Crippen LogP contribution >= 0.6 is 11.3 Å². The molecule has 0 radical (unpaired) electrons. The number of para-hydroxylation sites is 1. The van der Waals surface area contributed by atoms with Crippen LogP contribution in [0.15, 0.2) is 124 Å². The molecule has 1 aliphatic rings. The van der Waals surface area contributed by atoms with Gasteiger partial charge in [0.15, 0.2) is 4.80 Å². The van der Waals surface area contributed by atoms with Gasteiger partial charge in [0.25, 0.3) is 11.5 Å². The SMILES string of the molecule is COc1ccc([C@@H]2C(C(=O)Nc3ccccc3)=C(C)N=c3s/c(=C/c4ccc(OCc5ccccc5F)cc4)c(=O)n32)cc1. The van der Waals surface area contributed by atoms with E-state index in [1.54, 1.807) is 55.0 Å². The quantitative estimate of drug-likeness (QED) is 0.250. The van der Waals surface area contributed by atoms with E-state index in [-0.39, 0.29) is 23.9 Å². The Kier molecular flexibility index (Phi) is 8.21. The van der Waals surface area contributed by atoms with E-state index in [1.807, 2.05) is 66.7 Å². The van der Waals surface area contributed by atoms with Crippen molar-refractivity contribution in [2.45, 2.75) is 19.6 Å². The molecule has 1 aliphatic heterocycles. The van der Waals surface area contributed by atoms with Crippen LogP contribution in [0.3, 0.4) is 0 Å². The van der Waals surface area contributed by atoms with E-state index >= 15 is 0 Å². The number of hydrogen-bond donors (Lipinski definition) is 1. The van der Waals surface area contributed by atoms with Gasteiger partial charge in [0, 0.05) is 11.3 Å². The molecule has 2 heterocycles. The highest BCUT2D eigenvalue weighted by Gasteiger charge is 2.32. The van der Waals surface area contributed by atoms with Crippen molar-refractivity contribution in [3.05, 3.63) is 157 Å². The van der Waals surface area contributed by atoms with Crippen molar-refractivity contribution >= 4 is 29.0 Å². The summed E-state index contributed by atoms with van der Waals surface area (Å²) in [6.07, 6.45) is 1.79. The van der Waals surface area contributed by atoms with Gasteiger partial charge in [0.2, 0.25) is 0 Å². The van der Waals surface area contributed by atoms with Gasteiger partial charge in [0.1, 0.15) is 23.9 Å². The molecule has 6 rings (SSSR count). The summed E-state index contributed by atoms with van der Waals surface area (Å²) in [7, 11) is 1.59. The number of ether oxygens (including phenoxy) is 2. The highest BCUT2D eigenvalue weighted by molar-refractivity contribution is 7.07. The average molecular weight is 606 g/mol. The topological polar surface area (TPSA) is 81.9 Å². The fraction of sp³-hybridized carbons (Fsp3) is 0.114. The van der Waals surface area contributed by atoms with E-state index in [1.165, 1.54) is 17.4 Å². The van der Waals surface area contributed by atoms with Crippen molar-refractivity contribution in [1.29, 1.82) is 0 Å². The molecule has 44 heavy (non-hydrogen) atoms. The summed E-state index contributed by atoms with van der Waals surface area (Å²) in [6.45, 7) is 1.89. The van der Waals surface area contributed by atoms with Crippen molar-refractivity contribution in [2.75, 3.05) is 12.4 Å². The maximum atomic E-state index is 14.0. The summed E-state index contributed by atoms with van der Waals surface area (Å²) in [4.78, 5) is 32.9. The van der Waals surface area contributed by atoms with Crippen LogP contribution < -0.4 is 29.7 Å². The lowest BCUT2D eigenvalue weighted by molar-refractivity contribution is -0.113. The van der Waals surface area contributed by atoms with Crippen molar-refractivity contribution < 1.29 is 18.7 Å². The Hall–Kier alpha value is -5.28. The molecule has 0 fully saturated rings. The van der Waals surface area contributed by atoms with Gasteiger partial charge >= 0.3 is 0 Å². The summed E-state index contributed by atoms with van der Waals surface area (Å²) in [5, 5.41) is 2.96. The second-order valence-electron chi connectivity index (χ2n) is 10.1. The number of nitrogens with zero attached hydrogens (tertiary/aromatic N) is 2. The van der Waals surface area contributed by atoms with Crippen LogP contribution in [-0.2, 0) is 11.4 Å². The normalized spacial score (nSPS) is 14.5. The van der Waals surface area contributed by atoms with Crippen LogP contribution in [0.25, 0.3) is 6.08 Å². The first-order valence-corrected chi connectivity index (χ1v) is 14.7. The first-order chi connectivity index (χ1) is 21.4. The summed E-state index contributed by atoms with van der Waals surface area (Å²) >= 11 is 1.26. The number of methoxy groups -OCH3 is 1. The summed E-state index contributed by atoms with van der Waals surface area (Å²) < 4.78 is 27.1. The highest BCUT2D eigenvalue weighted by Crippen LogP contribution is 2.31. The average Bonchev–Trinajstić information content (AvgIpc) is 3.34. The van der Waals surface area contributed by atoms with E-state index in [4.69, 9.17) is 14.5 Å². The van der Waals surface area contributed by atoms with Crippen LogP contribution in [0.4, 0.5) is 10.1 Å². The zero-order valence-electron chi connectivity index (χ0n) is 24.0. The molecule has 1 N–H and O–H groups in total. The lowest BCUT2D eigenvalue weighted by Crippen LogP contribution is -2.40. The number of halogens is 1. The number of carbonyl (C=O) groups excluding carboxylic acids is 1. The van der Waals surface area contributed by atoms with Gasteiger partial charge in [-0.1, -0.05) is 72.0 Å². The van der Waals surface area contributed by atoms with Crippen LogP contribution in [0.1, 0.15) is 29.7 Å². The molecule has 7 nitrogen and oxygen atoms in total. The maximum Gasteiger partial charge on any atom is 0.271 e. The number of aromatic nitrogens is 1. The largest absolute Gasteiger partial charge is 0.497 e. The molecule has 1 aromatic heterocycles. The third-order valence-corrected chi connectivity index (χ3v) is 8.24. The number of allylic oxidation sites excluding steroid dienone is 1. The van der Waals surface area contributed by atoms with Gasteiger partial charge in [-0.15, -0.1) is 0 Å². The third kappa shape index (κ3) is 5.95. The van der Waals surface area contributed by atoms with Crippen LogP contribution in [-0.4, -0.2) is 17.6 Å². The van der Waals surface area contributed by atoms with Crippen molar-refractivity contribution in [2.24, 2.45) is 4.99 Å². The van der Waals surface area contributed by atoms with Gasteiger partial charge in [-0.3, -0.25) is 14.2 Å². The van der Waals surface area contributed by atoms with Gasteiger partial charge < -0.3 is 14.8 Å². The second kappa shape index (κ2) is 12.5. The zero-order valence-corrected chi connectivity index (χ0v) is 24.8. The lowest BCUT2D eigenvalue weighted by Gasteiger charge is -2.25. The molecule has 0 saturated heterocycles. The van der Waals surface area contributed by atoms with Crippen LogP contribution in [0.5, 0.6) is 11.5 Å². The van der Waals surface area contributed by atoms with Crippen molar-refractivity contribution in [3.63, 3.8) is 0 Å². The predicted molar refractivity (Wildman–Crippen MR) is 169 cm³/mol. The monoisotopic (exact) mass is 605 g/mol. The molecule has 0 spiro atoms. The first kappa shape index (κ1) is 28.8. The number of rotatable bonds is 8. The molecule has 0 bridgehead atoms. The van der Waals surface area contributed by atoms with Gasteiger partial charge in [0.05, 0.1) is 29.0 Å². The summed E-state index contributed by atoms with van der Waals surface area (Å²) in [5.41, 5.74) is 3.31. The zero-order chi connectivity index (χ0) is 30.6. The minimum atomic E-state index is -0.697. The maximum absolute atomic E-state index is 14.0. The van der Waals surface area contributed by atoms with Crippen molar-refractivity contribution in [3.8, 4) is 11.5 Å². The standard InChI is InChI=1S/C35H28FN3O4S/c1-22-31(33(40)38-26-9-4-3-5-10-26)32(24-14-18-27(42-2)19-15-24)39-34(41)30(44-35(39)37-22)20-23-12-16-28(17-13-23)43-21-25-8-6-7-11-29(25)36/h3-20,32H,21H2,1-2H3,(H,38,40)/b30-20+/t32-/m1/s1. The van der Waals surface area contributed by atoms with Crippen LogP contribution in [0.2, 0.25) is 0 Å². The Morgan fingerprint density at radius 2 is 1.64 bits per heavy atom. The minimum absolute atomic E-state index is 0.107. The Balaban J connectivity index is 1.35. The summed E-state index contributed by atoms with van der Waals surface area (Å²) in [5.74, 6) is 0.594. The number of amides is 1. The van der Waals surface area contributed by atoms with E-state index in [0.29, 0.717) is 43.4 Å². The van der Waals surface area contributed by atoms with E-state index in [2.05, 4.69) is 5.32 Å². The Labute approximate surface area is 256 Å². The molecular weight excluding hydrogens is 577 g/mol. The number of fused-ring (bicyclic) bond motifs is 1. The second-order valence-corrected chi connectivity index (χ2v) is 11.1. The number of hydrogen-bond acceptors (Lipinski definition) is 6. The number of thiazole rings is 1. The molecular formula is C35H28FN3O4S. The minimum Gasteiger partial charge on any atom is -0.497 e. The molecule has 9 heteroatoms. The molecule has 0 saturated carbocycles. The number of anilines is 1. The fourth-order valence-corrected chi connectivity index (χ4v) is 6.07. The highest BCUT2D eigenvalue weighted by atomic mass is 32.1. The van der Waals surface area contributed by atoms with Gasteiger partial charge in [-0.2, -0.15) is 0 Å². The number of benzene rings is 4.